The van der Waals surface area contributed by atoms with Gasteiger partial charge >= 0.3 is 0 Å². The first-order chi connectivity index (χ1) is 12.0. The number of hydrogen-bond acceptors (Lipinski definition) is 5. The molecule has 0 amide bonds. The second-order valence-corrected chi connectivity index (χ2v) is 8.52. The van der Waals surface area contributed by atoms with Gasteiger partial charge in [-0.2, -0.15) is 4.98 Å². The molecule has 0 saturated carbocycles. The van der Waals surface area contributed by atoms with E-state index in [0.29, 0.717) is 6.42 Å². The van der Waals surface area contributed by atoms with Crippen molar-refractivity contribution in [1.82, 2.24) is 14.8 Å². The number of carbonyl (C=O) groups is 1. The van der Waals surface area contributed by atoms with Gasteiger partial charge in [-0.15, -0.1) is 5.10 Å². The van der Waals surface area contributed by atoms with Crippen LogP contribution in [0.3, 0.4) is 0 Å². The highest BCUT2D eigenvalue weighted by Crippen LogP contribution is 2.45. The van der Waals surface area contributed by atoms with Crippen LogP contribution < -0.4 is 5.32 Å². The van der Waals surface area contributed by atoms with Crippen molar-refractivity contribution in [2.45, 2.75) is 38.4 Å². The van der Waals surface area contributed by atoms with Crippen LogP contribution in [0, 0.1) is 11.3 Å². The van der Waals surface area contributed by atoms with E-state index in [9.17, 15) is 4.79 Å². The van der Waals surface area contributed by atoms with Crippen molar-refractivity contribution in [3.8, 4) is 0 Å². The minimum absolute atomic E-state index is 0.139. The Hall–Kier alpha value is -2.08. The van der Waals surface area contributed by atoms with E-state index in [-0.39, 0.29) is 23.2 Å². The van der Waals surface area contributed by atoms with Gasteiger partial charge in [0.25, 0.3) is 0 Å². The molecule has 1 aliphatic carbocycles. The molecular weight excluding hydrogens is 332 g/mol. The molecule has 1 N–H and O–H groups in total. The van der Waals surface area contributed by atoms with Gasteiger partial charge in [-0.3, -0.25) is 4.79 Å². The standard InChI is InChI=1S/C19H22N4OS/c1-4-25-18-21-17-20-13-10-19(2,3)11-14(24)15(13)16(23(17)22-18)12-8-6-5-7-9-12/h5-10,15-16H,4,11H2,1-3H3,(H,20,21,22)/t15-,16-/m1/s1. The van der Waals surface area contributed by atoms with Crippen molar-refractivity contribution in [3.05, 3.63) is 47.7 Å². The van der Waals surface area contributed by atoms with E-state index in [4.69, 9.17) is 0 Å². The molecule has 0 radical (unpaired) electrons. The van der Waals surface area contributed by atoms with E-state index < -0.39 is 0 Å². The minimum atomic E-state index is -0.232. The third-order valence-electron chi connectivity index (χ3n) is 4.72. The summed E-state index contributed by atoms with van der Waals surface area (Å²) in [7, 11) is 0. The highest BCUT2D eigenvalue weighted by Gasteiger charge is 2.44. The monoisotopic (exact) mass is 354 g/mol. The van der Waals surface area contributed by atoms with E-state index in [1.807, 2.05) is 22.9 Å². The number of Topliss-reactive ketones (excluding diaryl/α,β-unsaturated/α-hetero) is 1. The molecule has 5 nitrogen and oxygen atoms in total. The van der Waals surface area contributed by atoms with Crippen LogP contribution in [0.2, 0.25) is 0 Å². The van der Waals surface area contributed by atoms with Gasteiger partial charge in [0.15, 0.2) is 0 Å². The lowest BCUT2D eigenvalue weighted by atomic mass is 9.72. The first kappa shape index (κ1) is 16.4. The predicted molar refractivity (Wildman–Crippen MR) is 99.6 cm³/mol. The number of carbonyl (C=O) groups excluding carboxylic acids is 1. The lowest BCUT2D eigenvalue weighted by Crippen LogP contribution is -2.42. The third-order valence-corrected chi connectivity index (χ3v) is 5.44. The summed E-state index contributed by atoms with van der Waals surface area (Å²) in [4.78, 5) is 17.7. The quantitative estimate of drug-likeness (QED) is 0.847. The summed E-state index contributed by atoms with van der Waals surface area (Å²) in [5, 5.41) is 8.81. The molecule has 0 fully saturated rings. The summed E-state index contributed by atoms with van der Waals surface area (Å²) < 4.78 is 1.89. The van der Waals surface area contributed by atoms with Gasteiger partial charge in [0.2, 0.25) is 11.1 Å². The summed E-state index contributed by atoms with van der Waals surface area (Å²) in [6, 6.07) is 10.0. The molecule has 130 valence electrons. The van der Waals surface area contributed by atoms with Gasteiger partial charge in [0, 0.05) is 12.1 Å². The predicted octanol–water partition coefficient (Wildman–Crippen LogP) is 3.90. The molecule has 1 aromatic carbocycles. The zero-order valence-electron chi connectivity index (χ0n) is 14.7. The van der Waals surface area contributed by atoms with E-state index in [1.165, 1.54) is 0 Å². The molecule has 0 unspecified atom stereocenters. The molecule has 25 heavy (non-hydrogen) atoms. The fourth-order valence-corrected chi connectivity index (χ4v) is 4.34. The Morgan fingerprint density at radius 1 is 1.32 bits per heavy atom. The van der Waals surface area contributed by atoms with Crippen LogP contribution in [0.4, 0.5) is 5.95 Å². The van der Waals surface area contributed by atoms with E-state index >= 15 is 0 Å². The zero-order valence-corrected chi connectivity index (χ0v) is 15.5. The highest BCUT2D eigenvalue weighted by molar-refractivity contribution is 7.99. The van der Waals surface area contributed by atoms with Crippen LogP contribution in [0.25, 0.3) is 0 Å². The van der Waals surface area contributed by atoms with Crippen molar-refractivity contribution in [2.75, 3.05) is 11.1 Å². The number of aromatic nitrogens is 3. The molecule has 0 saturated heterocycles. The number of nitrogens with zero attached hydrogens (tertiary/aromatic N) is 3. The minimum Gasteiger partial charge on any atom is -0.328 e. The average molecular weight is 354 g/mol. The molecule has 4 rings (SSSR count). The number of rotatable bonds is 3. The molecule has 2 atom stereocenters. The summed E-state index contributed by atoms with van der Waals surface area (Å²) in [5.41, 5.74) is 1.91. The van der Waals surface area contributed by atoms with Crippen molar-refractivity contribution in [2.24, 2.45) is 11.3 Å². The van der Waals surface area contributed by atoms with Gasteiger partial charge in [-0.1, -0.05) is 68.9 Å². The van der Waals surface area contributed by atoms with E-state index in [1.54, 1.807) is 11.8 Å². The summed E-state index contributed by atoms with van der Waals surface area (Å²) in [6.45, 7) is 6.29. The Morgan fingerprint density at radius 3 is 2.80 bits per heavy atom. The van der Waals surface area contributed by atoms with Crippen LogP contribution >= 0.6 is 11.8 Å². The van der Waals surface area contributed by atoms with Crippen LogP contribution in [-0.4, -0.2) is 26.3 Å². The van der Waals surface area contributed by atoms with Gasteiger partial charge in [-0.25, -0.2) is 4.68 Å². The number of benzene rings is 1. The normalized spacial score (nSPS) is 24.1. The number of anilines is 1. The number of thioether (sulfide) groups is 1. The first-order valence-corrected chi connectivity index (χ1v) is 9.64. The van der Waals surface area contributed by atoms with Crippen molar-refractivity contribution in [1.29, 1.82) is 0 Å². The lowest BCUT2D eigenvalue weighted by Gasteiger charge is -2.40. The Morgan fingerprint density at radius 2 is 2.08 bits per heavy atom. The number of ketones is 1. The largest absolute Gasteiger partial charge is 0.328 e. The molecule has 6 heteroatoms. The summed E-state index contributed by atoms with van der Waals surface area (Å²) >= 11 is 1.61. The van der Waals surface area contributed by atoms with Crippen molar-refractivity contribution in [3.63, 3.8) is 0 Å². The van der Waals surface area contributed by atoms with Crippen LogP contribution in [0.1, 0.15) is 38.8 Å². The molecule has 0 bridgehead atoms. The smallest absolute Gasteiger partial charge is 0.227 e. The Balaban J connectivity index is 1.88. The second-order valence-electron chi connectivity index (χ2n) is 7.29. The third kappa shape index (κ3) is 2.88. The lowest BCUT2D eigenvalue weighted by molar-refractivity contribution is -0.125. The summed E-state index contributed by atoms with van der Waals surface area (Å²) in [5.74, 6) is 1.66. The Bertz CT molecular complexity index is 840. The average Bonchev–Trinajstić information content (AvgIpc) is 2.95. The molecule has 2 heterocycles. The number of fused-ring (bicyclic) bond motifs is 2. The van der Waals surface area contributed by atoms with Gasteiger partial charge in [0.1, 0.15) is 5.78 Å². The molecule has 2 aliphatic rings. The van der Waals surface area contributed by atoms with Gasteiger partial charge in [0.05, 0.1) is 12.0 Å². The Kier molecular flexibility index (Phi) is 3.95. The maximum atomic E-state index is 13.0. The van der Waals surface area contributed by atoms with Crippen LogP contribution in [0.5, 0.6) is 0 Å². The fourth-order valence-electron chi connectivity index (χ4n) is 3.78. The number of allylic oxidation sites excluding steroid dienone is 2. The maximum absolute atomic E-state index is 13.0. The highest BCUT2D eigenvalue weighted by atomic mass is 32.2. The molecule has 0 spiro atoms. The Labute approximate surface area is 151 Å². The van der Waals surface area contributed by atoms with Gasteiger partial charge < -0.3 is 5.32 Å². The number of hydrogen-bond donors (Lipinski definition) is 1. The summed E-state index contributed by atoms with van der Waals surface area (Å²) in [6.07, 6.45) is 2.74. The van der Waals surface area contributed by atoms with Crippen LogP contribution in [-0.2, 0) is 4.79 Å². The second kappa shape index (κ2) is 6.02. The van der Waals surface area contributed by atoms with Crippen molar-refractivity contribution >= 4 is 23.5 Å². The molecule has 2 aromatic rings. The fraction of sp³-hybridized carbons (Fsp3) is 0.421. The van der Waals surface area contributed by atoms with E-state index in [2.05, 4.69) is 54.4 Å². The topological polar surface area (TPSA) is 59.8 Å². The molecule has 1 aliphatic heterocycles. The molecule has 1 aromatic heterocycles. The first-order valence-electron chi connectivity index (χ1n) is 8.65. The van der Waals surface area contributed by atoms with Crippen LogP contribution in [0.15, 0.2) is 47.3 Å². The van der Waals surface area contributed by atoms with Gasteiger partial charge in [-0.05, 0) is 16.7 Å². The van der Waals surface area contributed by atoms with E-state index in [0.717, 1.165) is 28.1 Å². The van der Waals surface area contributed by atoms with Crippen molar-refractivity contribution < 1.29 is 4.79 Å². The number of nitrogens with one attached hydrogen (secondary N) is 1. The zero-order chi connectivity index (χ0) is 17.6. The molecular formula is C19H22N4OS. The maximum Gasteiger partial charge on any atom is 0.227 e. The SMILES string of the molecule is CCSc1nc2n(n1)[C@H](c1ccccc1)[C@H]1C(=O)CC(C)(C)C=C1N2.